The zero-order chi connectivity index (χ0) is 28.6. The summed E-state index contributed by atoms with van der Waals surface area (Å²) < 4.78 is 10.1. The average molecular weight is 606 g/mol. The molecule has 2 aliphatic heterocycles. The number of halogens is 2. The molecule has 0 bridgehead atoms. The Balaban J connectivity index is 1.35. The number of rotatable bonds is 9. The van der Waals surface area contributed by atoms with Crippen LogP contribution in [0.1, 0.15) is 64.2 Å². The molecule has 0 aromatic heterocycles. The maximum absolute atomic E-state index is 13.2. The molecule has 4 rings (SSSR count). The van der Waals surface area contributed by atoms with Crippen LogP contribution in [0.25, 0.3) is 0 Å². The lowest BCUT2D eigenvalue weighted by Crippen LogP contribution is -2.56. The first-order valence-corrected chi connectivity index (χ1v) is 15.7. The van der Waals surface area contributed by atoms with E-state index in [1.165, 1.54) is 7.11 Å². The van der Waals surface area contributed by atoms with Gasteiger partial charge in [0.1, 0.15) is 0 Å². The number of hydrogen-bond donors (Lipinski definition) is 5. The Bertz CT molecular complexity index is 857. The third-order valence-electron chi connectivity index (χ3n) is 9.04. The van der Waals surface area contributed by atoms with Crippen LogP contribution in [0.3, 0.4) is 0 Å². The van der Waals surface area contributed by atoms with E-state index in [2.05, 4.69) is 21.3 Å². The topological polar surface area (TPSA) is 147 Å². The number of morpholine rings is 1. The van der Waals surface area contributed by atoms with E-state index in [-0.39, 0.29) is 59.3 Å². The highest BCUT2D eigenvalue weighted by molar-refractivity contribution is 6.21. The summed E-state index contributed by atoms with van der Waals surface area (Å²) in [6, 6.07) is -0.334. The summed E-state index contributed by atoms with van der Waals surface area (Å²) in [6.07, 6.45) is 6.52. The normalized spacial score (nSPS) is 35.5. The second-order valence-corrected chi connectivity index (χ2v) is 12.8. The summed E-state index contributed by atoms with van der Waals surface area (Å²) in [5.41, 5.74) is 5.96. The van der Waals surface area contributed by atoms with E-state index in [1.807, 2.05) is 0 Å². The van der Waals surface area contributed by atoms with Gasteiger partial charge >= 0.3 is 6.09 Å². The van der Waals surface area contributed by atoms with Crippen molar-refractivity contribution < 1.29 is 23.9 Å². The Morgan fingerprint density at radius 1 is 1.07 bits per heavy atom. The summed E-state index contributed by atoms with van der Waals surface area (Å²) in [4.78, 5) is 39.7. The predicted molar refractivity (Wildman–Crippen MR) is 153 cm³/mol. The molecule has 40 heavy (non-hydrogen) atoms. The molecule has 2 aliphatic carbocycles. The fraction of sp³-hybridized carbons (Fsp3) is 0.889. The lowest BCUT2D eigenvalue weighted by molar-refractivity contribution is -0.136. The van der Waals surface area contributed by atoms with Gasteiger partial charge in [-0.3, -0.25) is 20.2 Å². The van der Waals surface area contributed by atoms with E-state index in [1.54, 1.807) is 4.90 Å². The van der Waals surface area contributed by atoms with Gasteiger partial charge in [0.15, 0.2) is 0 Å². The van der Waals surface area contributed by atoms with E-state index in [0.717, 1.165) is 44.9 Å². The molecule has 6 N–H and O–H groups in total. The van der Waals surface area contributed by atoms with Crippen LogP contribution >= 0.6 is 23.2 Å². The van der Waals surface area contributed by atoms with Crippen LogP contribution in [0.4, 0.5) is 4.79 Å². The van der Waals surface area contributed by atoms with Gasteiger partial charge in [-0.05, 0) is 63.2 Å². The molecule has 2 heterocycles. The standard InChI is InChI=1S/C27H46Cl2N6O5/c1-39-27(38)31-19-6-2-16(3-7-19)24-25(29)34-26(33-24)21(15-23(37)35-10-12-40-13-11-35)32-22(36)9-4-17-14-18(28)5-8-20(17)30/h16-21,24-26,33-34H,2-15,30H2,1H3,(H,31,38)(H,32,36)/t16?,17?,18?,19?,20?,21-,24?,25?,26?/m0/s1. The SMILES string of the molecule is COC(=O)NC1CCC(C2NC([C@H](CC(=O)N3CCOCC3)NC(=O)CCC3CC(Cl)CCC3N)NC2Cl)CC1. The van der Waals surface area contributed by atoms with Gasteiger partial charge in [-0.25, -0.2) is 4.79 Å². The van der Waals surface area contributed by atoms with Crippen molar-refractivity contribution in [3.63, 3.8) is 0 Å². The minimum Gasteiger partial charge on any atom is -0.453 e. The molecule has 0 radical (unpaired) electrons. The Morgan fingerprint density at radius 3 is 2.50 bits per heavy atom. The first-order chi connectivity index (χ1) is 19.2. The highest BCUT2D eigenvalue weighted by atomic mass is 35.5. The molecule has 0 spiro atoms. The summed E-state index contributed by atoms with van der Waals surface area (Å²) in [6.45, 7) is 2.14. The zero-order valence-electron chi connectivity index (χ0n) is 23.4. The number of nitrogens with two attached hydrogens (primary N) is 1. The van der Waals surface area contributed by atoms with Crippen molar-refractivity contribution in [2.24, 2.45) is 17.6 Å². The molecular formula is C27H46Cl2N6O5. The van der Waals surface area contributed by atoms with Gasteiger partial charge < -0.3 is 30.7 Å². The van der Waals surface area contributed by atoms with Gasteiger partial charge in [0.25, 0.3) is 0 Å². The number of alkyl halides is 2. The molecule has 4 fully saturated rings. The maximum atomic E-state index is 13.2. The van der Waals surface area contributed by atoms with Crippen LogP contribution in [0, 0.1) is 11.8 Å². The second kappa shape index (κ2) is 15.2. The summed E-state index contributed by atoms with van der Waals surface area (Å²) in [5, 5.41) is 13.1. The van der Waals surface area contributed by atoms with Crippen molar-refractivity contribution >= 4 is 41.1 Å². The lowest BCUT2D eigenvalue weighted by atomic mass is 9.81. The smallest absolute Gasteiger partial charge is 0.407 e. The number of carbonyl (C=O) groups excluding carboxylic acids is 3. The number of nitrogens with zero attached hydrogens (tertiary/aromatic N) is 1. The number of ether oxygens (including phenoxy) is 2. The molecule has 7 atom stereocenters. The average Bonchev–Trinajstić information content (AvgIpc) is 3.35. The van der Waals surface area contributed by atoms with Crippen LogP contribution in [0.15, 0.2) is 0 Å². The monoisotopic (exact) mass is 604 g/mol. The van der Waals surface area contributed by atoms with Gasteiger partial charge in [-0.15, -0.1) is 23.2 Å². The zero-order valence-corrected chi connectivity index (χ0v) is 24.9. The lowest BCUT2D eigenvalue weighted by Gasteiger charge is -2.34. The van der Waals surface area contributed by atoms with E-state index in [0.29, 0.717) is 45.1 Å². The molecule has 3 amide bonds. The molecule has 4 aliphatic rings. The third kappa shape index (κ3) is 8.82. The van der Waals surface area contributed by atoms with Crippen LogP contribution < -0.4 is 27.0 Å². The maximum Gasteiger partial charge on any atom is 0.407 e. The number of nitrogens with one attached hydrogen (secondary N) is 4. The molecule has 6 unspecified atom stereocenters. The van der Waals surface area contributed by atoms with Crippen molar-refractivity contribution in [3.05, 3.63) is 0 Å². The second-order valence-electron chi connectivity index (χ2n) is 11.7. The molecule has 2 saturated carbocycles. The minimum absolute atomic E-state index is 0.0135. The fourth-order valence-electron chi connectivity index (χ4n) is 6.61. The summed E-state index contributed by atoms with van der Waals surface area (Å²) in [5.74, 6) is 0.411. The first-order valence-electron chi connectivity index (χ1n) is 14.8. The van der Waals surface area contributed by atoms with Gasteiger partial charge in [0, 0.05) is 49.4 Å². The highest BCUT2D eigenvalue weighted by Gasteiger charge is 2.42. The van der Waals surface area contributed by atoms with Gasteiger partial charge in [-0.1, -0.05) is 0 Å². The number of amides is 3. The molecule has 0 aromatic carbocycles. The number of carbonyl (C=O) groups is 3. The Labute approximate surface area is 247 Å². The largest absolute Gasteiger partial charge is 0.453 e. The summed E-state index contributed by atoms with van der Waals surface area (Å²) >= 11 is 13.2. The van der Waals surface area contributed by atoms with E-state index in [4.69, 9.17) is 38.4 Å². The third-order valence-corrected chi connectivity index (χ3v) is 9.83. The van der Waals surface area contributed by atoms with E-state index >= 15 is 0 Å². The molecule has 11 nitrogen and oxygen atoms in total. The Morgan fingerprint density at radius 2 is 1.80 bits per heavy atom. The predicted octanol–water partition coefficient (Wildman–Crippen LogP) is 1.60. The van der Waals surface area contributed by atoms with Crippen LogP contribution in [0.5, 0.6) is 0 Å². The Hall–Kier alpha value is -1.37. The highest BCUT2D eigenvalue weighted by Crippen LogP contribution is 2.32. The molecule has 13 heteroatoms. The molecule has 2 saturated heterocycles. The summed E-state index contributed by atoms with van der Waals surface area (Å²) in [7, 11) is 1.37. The van der Waals surface area contributed by atoms with Crippen LogP contribution in [-0.4, -0.2) is 97.4 Å². The molecule has 228 valence electrons. The van der Waals surface area contributed by atoms with Gasteiger partial charge in [-0.2, -0.15) is 0 Å². The van der Waals surface area contributed by atoms with Gasteiger partial charge in [0.05, 0.1) is 38.0 Å². The number of hydrogen-bond acceptors (Lipinski definition) is 8. The van der Waals surface area contributed by atoms with Crippen molar-refractivity contribution in [3.8, 4) is 0 Å². The quantitative estimate of drug-likeness (QED) is 0.197. The fourth-order valence-corrected chi connectivity index (χ4v) is 7.38. The number of alkyl carbamates (subject to hydrolysis) is 1. The molecular weight excluding hydrogens is 559 g/mol. The van der Waals surface area contributed by atoms with Crippen molar-refractivity contribution in [2.45, 2.75) is 105 Å². The van der Waals surface area contributed by atoms with Crippen molar-refractivity contribution in [1.29, 1.82) is 0 Å². The minimum atomic E-state index is -0.466. The van der Waals surface area contributed by atoms with Crippen molar-refractivity contribution in [2.75, 3.05) is 33.4 Å². The van der Waals surface area contributed by atoms with Gasteiger partial charge in [0.2, 0.25) is 11.8 Å². The van der Waals surface area contributed by atoms with Crippen LogP contribution in [0.2, 0.25) is 0 Å². The number of methoxy groups -OCH3 is 1. The first kappa shape index (κ1) is 31.6. The van der Waals surface area contributed by atoms with Crippen molar-refractivity contribution in [1.82, 2.24) is 26.2 Å². The molecule has 0 aromatic rings. The Kier molecular flexibility index (Phi) is 12.0. The van der Waals surface area contributed by atoms with Crippen LogP contribution in [-0.2, 0) is 19.1 Å². The van der Waals surface area contributed by atoms with E-state index < -0.39 is 12.1 Å². The van der Waals surface area contributed by atoms with E-state index in [9.17, 15) is 14.4 Å².